The average Bonchev–Trinajstić information content (AvgIpc) is 3.02. The molecular weight excluding hydrogens is 320 g/mol. The molecule has 2 fully saturated rings. The molecule has 0 radical (unpaired) electrons. The van der Waals surface area contributed by atoms with Crippen LogP contribution in [0.4, 0.5) is 5.82 Å². The van der Waals surface area contributed by atoms with Crippen LogP contribution in [0, 0.1) is 17.8 Å². The number of anilines is 1. The minimum atomic E-state index is 0.116. The Morgan fingerprint density at radius 2 is 1.96 bits per heavy atom. The van der Waals surface area contributed by atoms with Gasteiger partial charge in [0.2, 0.25) is 5.91 Å². The van der Waals surface area contributed by atoms with Crippen LogP contribution < -0.4 is 5.32 Å². The van der Waals surface area contributed by atoms with E-state index in [1.165, 1.54) is 36.8 Å². The Labute approximate surface area is 147 Å². The number of nitrogens with one attached hydrogen (secondary N) is 1. The van der Waals surface area contributed by atoms with Gasteiger partial charge in [0.05, 0.1) is 0 Å². The summed E-state index contributed by atoms with van der Waals surface area (Å²) in [5.74, 6) is 2.30. The average molecular weight is 344 g/mol. The summed E-state index contributed by atoms with van der Waals surface area (Å²) in [6, 6.07) is 12.0. The Balaban J connectivity index is 0.000000179. The summed E-state index contributed by atoms with van der Waals surface area (Å²) in [5.41, 5.74) is 0. The molecule has 2 atom stereocenters. The van der Waals surface area contributed by atoms with Crippen molar-refractivity contribution in [3.8, 4) is 0 Å². The van der Waals surface area contributed by atoms with Gasteiger partial charge in [-0.3, -0.25) is 4.79 Å². The van der Waals surface area contributed by atoms with E-state index in [1.807, 2.05) is 18.2 Å². The Morgan fingerprint density at radius 3 is 2.54 bits per heavy atom. The summed E-state index contributed by atoms with van der Waals surface area (Å²) >= 11 is 1.77. The third kappa shape index (κ3) is 4.63. The van der Waals surface area contributed by atoms with Crippen LogP contribution >= 0.6 is 11.8 Å². The molecule has 0 bridgehead atoms. The smallest absolute Gasteiger partial charge is 0.229 e. The van der Waals surface area contributed by atoms with Gasteiger partial charge in [-0.25, -0.2) is 0 Å². The van der Waals surface area contributed by atoms with Gasteiger partial charge in [-0.15, -0.1) is 11.8 Å². The minimum absolute atomic E-state index is 0.116. The summed E-state index contributed by atoms with van der Waals surface area (Å²) in [6.07, 6.45) is 9.94. The first-order valence-corrected chi connectivity index (χ1v) is 9.80. The van der Waals surface area contributed by atoms with E-state index in [4.69, 9.17) is 0 Å². The van der Waals surface area contributed by atoms with Crippen LogP contribution in [0.15, 0.2) is 52.1 Å². The predicted octanol–water partition coefficient (Wildman–Crippen LogP) is 4.85. The summed E-state index contributed by atoms with van der Waals surface area (Å²) in [5, 5.41) is 6.48. The fraction of sp³-hybridized carbons (Fsp3) is 0.474. The third-order valence-corrected chi connectivity index (χ3v) is 5.59. The highest BCUT2D eigenvalue weighted by atomic mass is 32.2. The molecule has 2 aliphatic carbocycles. The second-order valence-electron chi connectivity index (χ2n) is 6.44. The van der Waals surface area contributed by atoms with E-state index in [9.17, 15) is 4.79 Å². The molecule has 5 heteroatoms. The van der Waals surface area contributed by atoms with Gasteiger partial charge in [0.15, 0.2) is 5.82 Å². The molecule has 1 aromatic carbocycles. The van der Waals surface area contributed by atoms with Gasteiger partial charge in [-0.2, -0.15) is 0 Å². The van der Waals surface area contributed by atoms with Crippen LogP contribution in [0.25, 0.3) is 0 Å². The molecule has 1 unspecified atom stereocenters. The molecule has 4 rings (SSSR count). The van der Waals surface area contributed by atoms with E-state index >= 15 is 0 Å². The zero-order chi connectivity index (χ0) is 16.8. The molecule has 2 saturated carbocycles. The molecule has 4 nitrogen and oxygen atoms in total. The Kier molecular flexibility index (Phi) is 5.96. The lowest BCUT2D eigenvalue weighted by atomic mass is 10.0. The van der Waals surface area contributed by atoms with Crippen molar-refractivity contribution in [2.75, 3.05) is 11.6 Å². The van der Waals surface area contributed by atoms with Crippen LogP contribution in [-0.2, 0) is 4.79 Å². The SMILES string of the molecule is CSc1ccccc1.O=C(Nc1ccon1)C1C[C@H]1C1CCCC1. The number of amides is 1. The molecule has 1 amide bonds. The van der Waals surface area contributed by atoms with Crippen LogP contribution in [-0.4, -0.2) is 17.3 Å². The molecule has 0 spiro atoms. The standard InChI is InChI=1S/C12H16N2O2.C7H8S/c15-12(13-11-5-6-16-14-11)10-7-9(10)8-3-1-2-4-8;1-8-7-5-3-2-4-6-7/h5-6,8-10H,1-4,7H2,(H,13,14,15);2-6H,1H3/t9-,10?;/m0./s1. The molecular formula is C19H24N2O2S. The van der Waals surface area contributed by atoms with E-state index in [-0.39, 0.29) is 11.8 Å². The Bertz CT molecular complexity index is 624. The van der Waals surface area contributed by atoms with E-state index < -0.39 is 0 Å². The van der Waals surface area contributed by atoms with Crippen LogP contribution in [0.2, 0.25) is 0 Å². The maximum absolute atomic E-state index is 11.8. The number of hydrogen-bond donors (Lipinski definition) is 1. The first kappa shape index (κ1) is 17.1. The molecule has 128 valence electrons. The van der Waals surface area contributed by atoms with Crippen molar-refractivity contribution in [1.82, 2.24) is 5.16 Å². The van der Waals surface area contributed by atoms with Gasteiger partial charge >= 0.3 is 0 Å². The lowest BCUT2D eigenvalue weighted by Crippen LogP contribution is -2.16. The topological polar surface area (TPSA) is 55.1 Å². The van der Waals surface area contributed by atoms with E-state index in [2.05, 4.69) is 33.4 Å². The lowest BCUT2D eigenvalue weighted by Gasteiger charge is -2.07. The Hall–Kier alpha value is -1.75. The van der Waals surface area contributed by atoms with E-state index in [0.717, 1.165) is 12.3 Å². The van der Waals surface area contributed by atoms with Crippen molar-refractivity contribution >= 4 is 23.5 Å². The number of benzene rings is 1. The van der Waals surface area contributed by atoms with Gasteiger partial charge in [0.1, 0.15) is 6.26 Å². The molecule has 0 aliphatic heterocycles. The third-order valence-electron chi connectivity index (χ3n) is 4.85. The minimum Gasteiger partial charge on any atom is -0.363 e. The summed E-state index contributed by atoms with van der Waals surface area (Å²) in [4.78, 5) is 13.2. The first-order chi connectivity index (χ1) is 11.8. The maximum atomic E-state index is 11.8. The predicted molar refractivity (Wildman–Crippen MR) is 96.9 cm³/mol. The fourth-order valence-electron chi connectivity index (χ4n) is 3.48. The highest BCUT2D eigenvalue weighted by Gasteiger charge is 2.47. The maximum Gasteiger partial charge on any atom is 0.229 e. The number of aromatic nitrogens is 1. The lowest BCUT2D eigenvalue weighted by molar-refractivity contribution is -0.117. The quantitative estimate of drug-likeness (QED) is 0.806. The molecule has 2 aromatic rings. The monoisotopic (exact) mass is 344 g/mol. The van der Waals surface area contributed by atoms with Gasteiger partial charge in [-0.05, 0) is 36.6 Å². The molecule has 2 aliphatic rings. The summed E-state index contributed by atoms with van der Waals surface area (Å²) < 4.78 is 4.68. The second-order valence-corrected chi connectivity index (χ2v) is 7.32. The van der Waals surface area contributed by atoms with Gasteiger partial charge in [0.25, 0.3) is 0 Å². The number of carbonyl (C=O) groups excluding carboxylic acids is 1. The normalized spacial score (nSPS) is 22.5. The van der Waals surface area contributed by atoms with Crippen molar-refractivity contribution in [3.63, 3.8) is 0 Å². The van der Waals surface area contributed by atoms with Crippen LogP contribution in [0.1, 0.15) is 32.1 Å². The molecule has 24 heavy (non-hydrogen) atoms. The van der Waals surface area contributed by atoms with E-state index in [1.54, 1.807) is 17.8 Å². The fourth-order valence-corrected chi connectivity index (χ4v) is 3.90. The Morgan fingerprint density at radius 1 is 1.21 bits per heavy atom. The summed E-state index contributed by atoms with van der Waals surface area (Å²) in [6.45, 7) is 0. The van der Waals surface area contributed by atoms with Crippen molar-refractivity contribution in [2.45, 2.75) is 37.0 Å². The second kappa shape index (κ2) is 8.38. The van der Waals surface area contributed by atoms with Crippen LogP contribution in [0.5, 0.6) is 0 Å². The number of carbonyl (C=O) groups is 1. The van der Waals surface area contributed by atoms with Gasteiger partial charge in [-0.1, -0.05) is 49.0 Å². The number of hydrogen-bond acceptors (Lipinski definition) is 4. The summed E-state index contributed by atoms with van der Waals surface area (Å²) in [7, 11) is 0. The highest BCUT2D eigenvalue weighted by molar-refractivity contribution is 7.98. The van der Waals surface area contributed by atoms with Crippen molar-refractivity contribution in [1.29, 1.82) is 0 Å². The molecule has 0 saturated heterocycles. The number of nitrogens with zero attached hydrogens (tertiary/aromatic N) is 1. The van der Waals surface area contributed by atoms with Crippen molar-refractivity contribution in [3.05, 3.63) is 42.7 Å². The largest absolute Gasteiger partial charge is 0.363 e. The highest BCUT2D eigenvalue weighted by Crippen LogP contribution is 2.50. The molecule has 1 N–H and O–H groups in total. The number of rotatable bonds is 4. The zero-order valence-electron chi connectivity index (χ0n) is 14.0. The van der Waals surface area contributed by atoms with E-state index in [0.29, 0.717) is 11.7 Å². The molecule has 1 aromatic heterocycles. The molecule has 1 heterocycles. The van der Waals surface area contributed by atoms with Crippen molar-refractivity contribution < 1.29 is 9.32 Å². The van der Waals surface area contributed by atoms with Gasteiger partial charge in [0, 0.05) is 16.9 Å². The number of thioether (sulfide) groups is 1. The zero-order valence-corrected chi connectivity index (χ0v) is 14.8. The van der Waals surface area contributed by atoms with Crippen molar-refractivity contribution in [2.24, 2.45) is 17.8 Å². The van der Waals surface area contributed by atoms with Crippen LogP contribution in [0.3, 0.4) is 0 Å². The first-order valence-electron chi connectivity index (χ1n) is 8.58. The van der Waals surface area contributed by atoms with Gasteiger partial charge < -0.3 is 9.84 Å².